The first-order valence-corrected chi connectivity index (χ1v) is 6.01. The van der Waals surface area contributed by atoms with Crippen LogP contribution in [0.1, 0.15) is 5.56 Å². The molecule has 0 saturated carbocycles. The van der Waals surface area contributed by atoms with Gasteiger partial charge in [-0.15, -0.1) is 0 Å². The van der Waals surface area contributed by atoms with Crippen molar-refractivity contribution in [3.8, 4) is 0 Å². The molecule has 1 N–H and O–H groups in total. The number of hydrogen-bond acceptors (Lipinski definition) is 2. The first-order valence-electron chi connectivity index (χ1n) is 4.84. The smallest absolute Gasteiger partial charge is 0.142 e. The van der Waals surface area contributed by atoms with Crippen molar-refractivity contribution in [1.29, 1.82) is 0 Å². The summed E-state index contributed by atoms with van der Waals surface area (Å²) in [4.78, 5) is 11.7. The fourth-order valence-corrected chi connectivity index (χ4v) is 2.25. The molecule has 0 aliphatic carbocycles. The van der Waals surface area contributed by atoms with Gasteiger partial charge in [-0.05, 0) is 17.7 Å². The quantitative estimate of drug-likeness (QED) is 0.925. The predicted octanol–water partition coefficient (Wildman–Crippen LogP) is 2.43. The fourth-order valence-electron chi connectivity index (χ4n) is 1.51. The summed E-state index contributed by atoms with van der Waals surface area (Å²) in [6, 6.07) is 5.63. The first kappa shape index (κ1) is 11.1. The van der Waals surface area contributed by atoms with Crippen LogP contribution < -0.4 is 5.32 Å². The highest BCUT2D eigenvalue weighted by atomic mass is 79.9. The van der Waals surface area contributed by atoms with Gasteiger partial charge in [0.25, 0.3) is 0 Å². The molecule has 0 amide bonds. The summed E-state index contributed by atoms with van der Waals surface area (Å²) < 4.78 is 0.939. The van der Waals surface area contributed by atoms with Crippen molar-refractivity contribution < 1.29 is 4.79 Å². The van der Waals surface area contributed by atoms with E-state index in [0.717, 1.165) is 23.1 Å². The van der Waals surface area contributed by atoms with Gasteiger partial charge in [0.2, 0.25) is 0 Å². The van der Waals surface area contributed by atoms with E-state index in [2.05, 4.69) is 21.2 Å². The zero-order chi connectivity index (χ0) is 10.8. The summed E-state index contributed by atoms with van der Waals surface area (Å²) in [5, 5.41) is 3.75. The Kier molecular flexibility index (Phi) is 3.44. The summed E-state index contributed by atoms with van der Waals surface area (Å²) in [5.74, 6) is 0.461. The van der Waals surface area contributed by atoms with E-state index in [1.165, 1.54) is 0 Å². The van der Waals surface area contributed by atoms with Gasteiger partial charge in [-0.25, -0.2) is 0 Å². The van der Waals surface area contributed by atoms with E-state index in [-0.39, 0.29) is 11.7 Å². The van der Waals surface area contributed by atoms with Gasteiger partial charge < -0.3 is 5.32 Å². The molecule has 0 bridgehead atoms. The molecule has 2 rings (SSSR count). The summed E-state index contributed by atoms with van der Waals surface area (Å²) >= 11 is 9.38. The monoisotopic (exact) mass is 287 g/mol. The highest BCUT2D eigenvalue weighted by Gasteiger charge is 2.24. The van der Waals surface area contributed by atoms with E-state index in [0.29, 0.717) is 11.4 Å². The van der Waals surface area contributed by atoms with Gasteiger partial charge in [0.05, 0.1) is 0 Å². The van der Waals surface area contributed by atoms with E-state index in [4.69, 9.17) is 11.6 Å². The normalized spacial score (nSPS) is 16.1. The Hall–Kier alpha value is -0.380. The lowest BCUT2D eigenvalue weighted by molar-refractivity contribution is -0.123. The number of hydrogen-bond donors (Lipinski definition) is 1. The Labute approximate surface area is 102 Å². The molecule has 1 saturated heterocycles. The van der Waals surface area contributed by atoms with Gasteiger partial charge >= 0.3 is 0 Å². The van der Waals surface area contributed by atoms with E-state index >= 15 is 0 Å². The van der Waals surface area contributed by atoms with Crippen LogP contribution in [0.25, 0.3) is 0 Å². The number of carbonyl (C=O) groups excluding carboxylic acids is 1. The Morgan fingerprint density at radius 3 is 2.80 bits per heavy atom. The zero-order valence-corrected chi connectivity index (χ0v) is 10.4. The second kappa shape index (κ2) is 4.64. The lowest BCUT2D eigenvalue weighted by Gasteiger charge is -2.25. The van der Waals surface area contributed by atoms with Crippen LogP contribution in [0, 0.1) is 5.92 Å². The van der Waals surface area contributed by atoms with Crippen molar-refractivity contribution >= 4 is 33.3 Å². The largest absolute Gasteiger partial charge is 0.315 e. The van der Waals surface area contributed by atoms with E-state index < -0.39 is 0 Å². The number of Topliss-reactive ketones (excluding diaryl/α,β-unsaturated/α-hetero) is 1. The third-order valence-corrected chi connectivity index (χ3v) is 3.46. The minimum Gasteiger partial charge on any atom is -0.315 e. The van der Waals surface area contributed by atoms with Crippen molar-refractivity contribution in [2.75, 3.05) is 13.1 Å². The number of rotatable bonds is 3. The van der Waals surface area contributed by atoms with Gasteiger partial charge in [0.15, 0.2) is 0 Å². The maximum Gasteiger partial charge on any atom is 0.142 e. The highest BCUT2D eigenvalue weighted by molar-refractivity contribution is 9.10. The fraction of sp³-hybridized carbons (Fsp3) is 0.364. The van der Waals surface area contributed by atoms with Gasteiger partial charge in [-0.2, -0.15) is 0 Å². The molecule has 0 aromatic heterocycles. The van der Waals surface area contributed by atoms with Crippen molar-refractivity contribution in [2.45, 2.75) is 6.42 Å². The van der Waals surface area contributed by atoms with E-state index in [1.807, 2.05) is 18.2 Å². The van der Waals surface area contributed by atoms with Gasteiger partial charge in [-0.1, -0.05) is 33.6 Å². The van der Waals surface area contributed by atoms with Gasteiger partial charge in [-0.3, -0.25) is 4.79 Å². The lowest BCUT2D eigenvalue weighted by atomic mass is 9.93. The molecule has 1 aromatic rings. The van der Waals surface area contributed by atoms with Crippen molar-refractivity contribution in [1.82, 2.24) is 5.32 Å². The third-order valence-electron chi connectivity index (χ3n) is 2.62. The van der Waals surface area contributed by atoms with Crippen LogP contribution in [0.2, 0.25) is 5.02 Å². The molecule has 0 spiro atoms. The van der Waals surface area contributed by atoms with Gasteiger partial charge in [0, 0.05) is 34.9 Å². The molecule has 0 unspecified atom stereocenters. The van der Waals surface area contributed by atoms with Crippen LogP contribution in [-0.4, -0.2) is 18.9 Å². The number of halogens is 2. The third kappa shape index (κ3) is 2.60. The maximum atomic E-state index is 11.7. The summed E-state index contributed by atoms with van der Waals surface area (Å²) in [5.41, 5.74) is 0.914. The molecule has 80 valence electrons. The maximum absolute atomic E-state index is 11.7. The molecular weight excluding hydrogens is 277 g/mol. The van der Waals surface area contributed by atoms with Crippen LogP contribution in [0.5, 0.6) is 0 Å². The molecule has 1 aliphatic heterocycles. The van der Waals surface area contributed by atoms with Gasteiger partial charge in [0.1, 0.15) is 5.78 Å². The Morgan fingerprint density at radius 2 is 2.27 bits per heavy atom. The van der Waals surface area contributed by atoms with Crippen LogP contribution in [-0.2, 0) is 11.2 Å². The molecule has 0 radical (unpaired) electrons. The van der Waals surface area contributed by atoms with E-state index in [9.17, 15) is 4.79 Å². The van der Waals surface area contributed by atoms with Crippen molar-refractivity contribution in [3.63, 3.8) is 0 Å². The second-order valence-corrected chi connectivity index (χ2v) is 5.06. The van der Waals surface area contributed by atoms with Crippen LogP contribution in [0.4, 0.5) is 0 Å². The summed E-state index contributed by atoms with van der Waals surface area (Å²) in [6.07, 6.45) is 0.443. The molecule has 1 heterocycles. The predicted molar refractivity (Wildman–Crippen MR) is 64.2 cm³/mol. The average Bonchev–Trinajstić information content (AvgIpc) is 2.07. The highest BCUT2D eigenvalue weighted by Crippen LogP contribution is 2.23. The van der Waals surface area contributed by atoms with Crippen molar-refractivity contribution in [2.24, 2.45) is 5.92 Å². The van der Waals surface area contributed by atoms with E-state index in [1.54, 1.807) is 0 Å². The first-order chi connectivity index (χ1) is 7.16. The summed E-state index contributed by atoms with van der Waals surface area (Å²) in [7, 11) is 0. The number of benzene rings is 1. The minimum atomic E-state index is 0.185. The van der Waals surface area contributed by atoms with Crippen LogP contribution in [0.3, 0.4) is 0 Å². The number of ketones is 1. The van der Waals surface area contributed by atoms with Crippen LogP contribution in [0.15, 0.2) is 22.7 Å². The lowest BCUT2D eigenvalue weighted by Crippen LogP contribution is -2.47. The Balaban J connectivity index is 2.06. The molecule has 2 nitrogen and oxygen atoms in total. The molecular formula is C11H11BrClNO. The molecule has 1 fully saturated rings. The summed E-state index contributed by atoms with van der Waals surface area (Å²) in [6.45, 7) is 1.62. The topological polar surface area (TPSA) is 29.1 Å². The molecule has 4 heteroatoms. The molecule has 15 heavy (non-hydrogen) atoms. The molecule has 1 aliphatic rings. The minimum absolute atomic E-state index is 0.185. The molecule has 0 atom stereocenters. The van der Waals surface area contributed by atoms with Crippen molar-refractivity contribution in [3.05, 3.63) is 33.3 Å². The SMILES string of the molecule is O=C(Cc1ccc(Br)cc1Cl)C1CNC1. The standard InChI is InChI=1S/C11H11BrClNO/c12-9-2-1-7(10(13)4-9)3-11(15)8-5-14-6-8/h1-2,4,8,14H,3,5-6H2. The number of carbonyl (C=O) groups is 1. The Morgan fingerprint density at radius 1 is 1.53 bits per heavy atom. The zero-order valence-electron chi connectivity index (χ0n) is 8.09. The van der Waals surface area contributed by atoms with Crippen LogP contribution >= 0.6 is 27.5 Å². The Bertz CT molecular complexity index is 390. The number of nitrogens with one attached hydrogen (secondary N) is 1. The molecule has 1 aromatic carbocycles. The second-order valence-electron chi connectivity index (χ2n) is 3.73. The average molecular weight is 289 g/mol.